The number of hydrogen-bond acceptors (Lipinski definition) is 4. The smallest absolute Gasteiger partial charge is 0.271 e. The van der Waals surface area contributed by atoms with Crippen molar-refractivity contribution < 1.29 is 17.5 Å². The van der Waals surface area contributed by atoms with Gasteiger partial charge < -0.3 is 0 Å². The second-order valence-corrected chi connectivity index (χ2v) is 3.48. The molecule has 0 rings (SSSR count). The molecule has 0 bridgehead atoms. The molecule has 0 spiro atoms. The number of hydrogen-bond donors (Lipinski definition) is 4. The highest BCUT2D eigenvalue weighted by Crippen LogP contribution is 1.94. The van der Waals surface area contributed by atoms with Gasteiger partial charge in [-0.15, -0.1) is 0 Å². The summed E-state index contributed by atoms with van der Waals surface area (Å²) in [6, 6.07) is 0. The highest BCUT2D eigenvalue weighted by Gasteiger charge is 1.88. The predicted octanol–water partition coefficient (Wildman–Crippen LogP) is -0.157. The summed E-state index contributed by atoms with van der Waals surface area (Å²) in [5.41, 5.74) is 2.60. The third-order valence-corrected chi connectivity index (χ3v) is 0.866. The first-order valence-corrected chi connectivity index (χ1v) is 4.80. The lowest BCUT2D eigenvalue weighted by atomic mass is 10.1. The average molecular weight is 200 g/mol. The van der Waals surface area contributed by atoms with Crippen LogP contribution >= 0.6 is 0 Å². The minimum Gasteiger partial charge on any atom is -0.271 e. The molecular formula is C5H16N2O4S. The summed E-state index contributed by atoms with van der Waals surface area (Å²) < 4.78 is 31.6. The number of rotatable bonds is 3. The molecule has 0 fully saturated rings. The predicted molar refractivity (Wildman–Crippen MR) is 45.8 cm³/mol. The molecule has 0 aliphatic carbocycles. The van der Waals surface area contributed by atoms with Gasteiger partial charge in [0.05, 0.1) is 0 Å². The van der Waals surface area contributed by atoms with Crippen LogP contribution in [-0.4, -0.2) is 24.1 Å². The van der Waals surface area contributed by atoms with Crippen molar-refractivity contribution in [2.45, 2.75) is 20.3 Å². The molecule has 12 heavy (non-hydrogen) atoms. The normalized spacial score (nSPS) is 10.8. The van der Waals surface area contributed by atoms with Crippen LogP contribution in [0.5, 0.6) is 0 Å². The molecule has 5 N–H and O–H groups in total. The van der Waals surface area contributed by atoms with Gasteiger partial charge in [-0.05, 0) is 12.3 Å². The Bertz CT molecular complexity index is 170. The Labute approximate surface area is 72.7 Å². The molecule has 76 valence electrons. The number of hydrazine groups is 1. The molecular weight excluding hydrogens is 184 g/mol. The minimum absolute atomic E-state index is 0.760. The average Bonchev–Trinajstić information content (AvgIpc) is 1.79. The lowest BCUT2D eigenvalue weighted by molar-refractivity contribution is 0.381. The van der Waals surface area contributed by atoms with Crippen LogP contribution < -0.4 is 11.3 Å². The zero-order valence-electron chi connectivity index (χ0n) is 7.19. The van der Waals surface area contributed by atoms with Gasteiger partial charge in [0.15, 0.2) is 0 Å². The van der Waals surface area contributed by atoms with E-state index in [1.165, 1.54) is 0 Å². The molecule has 0 aromatic carbocycles. The van der Waals surface area contributed by atoms with Crippen LogP contribution in [0, 0.1) is 5.92 Å². The van der Waals surface area contributed by atoms with E-state index < -0.39 is 10.4 Å². The van der Waals surface area contributed by atoms with E-state index in [0.717, 1.165) is 18.9 Å². The molecule has 0 aliphatic heterocycles. The summed E-state index contributed by atoms with van der Waals surface area (Å²) in [5, 5.41) is 0. The quantitative estimate of drug-likeness (QED) is 0.286. The van der Waals surface area contributed by atoms with Crippen LogP contribution in [0.15, 0.2) is 0 Å². The van der Waals surface area contributed by atoms with Crippen LogP contribution in [0.4, 0.5) is 0 Å². The van der Waals surface area contributed by atoms with Crippen LogP contribution in [-0.2, 0) is 10.4 Å². The monoisotopic (exact) mass is 200 g/mol. The van der Waals surface area contributed by atoms with Crippen LogP contribution in [0.2, 0.25) is 0 Å². The van der Waals surface area contributed by atoms with Crippen LogP contribution in [0.25, 0.3) is 0 Å². The highest BCUT2D eigenvalue weighted by atomic mass is 32.3. The van der Waals surface area contributed by atoms with Gasteiger partial charge in [0, 0.05) is 6.54 Å². The Balaban J connectivity index is 0. The van der Waals surface area contributed by atoms with Gasteiger partial charge in [-0.3, -0.25) is 20.4 Å². The van der Waals surface area contributed by atoms with Gasteiger partial charge in [-0.2, -0.15) is 8.42 Å². The maximum Gasteiger partial charge on any atom is 0.394 e. The van der Waals surface area contributed by atoms with Crippen LogP contribution in [0.1, 0.15) is 20.3 Å². The standard InChI is InChI=1S/C5H14N2.H2O4S/c1-5(2)3-4-7-6;1-5(2,3)4/h5,7H,3-4,6H2,1-2H3;(H2,1,2,3,4). The van der Waals surface area contributed by atoms with Crippen molar-refractivity contribution in [2.24, 2.45) is 11.8 Å². The second-order valence-electron chi connectivity index (χ2n) is 2.58. The zero-order chi connectivity index (χ0) is 10.2. The first kappa shape index (κ1) is 14.3. The molecule has 0 saturated heterocycles. The van der Waals surface area contributed by atoms with E-state index in [-0.39, 0.29) is 0 Å². The lowest BCUT2D eigenvalue weighted by Crippen LogP contribution is -2.23. The number of nitrogens with one attached hydrogen (secondary N) is 1. The van der Waals surface area contributed by atoms with Crippen molar-refractivity contribution in [1.29, 1.82) is 0 Å². The summed E-state index contributed by atoms with van der Waals surface area (Å²) in [6.07, 6.45) is 1.16. The molecule has 0 amide bonds. The fourth-order valence-corrected chi connectivity index (χ4v) is 0.372. The highest BCUT2D eigenvalue weighted by molar-refractivity contribution is 7.79. The van der Waals surface area contributed by atoms with Crippen molar-refractivity contribution in [2.75, 3.05) is 6.54 Å². The van der Waals surface area contributed by atoms with E-state index in [1.807, 2.05) is 0 Å². The van der Waals surface area contributed by atoms with Gasteiger partial charge in [-0.25, -0.2) is 0 Å². The third-order valence-electron chi connectivity index (χ3n) is 0.866. The summed E-state index contributed by atoms with van der Waals surface area (Å²) in [7, 11) is -4.67. The zero-order valence-corrected chi connectivity index (χ0v) is 8.00. The molecule has 0 aromatic heterocycles. The molecule has 0 aromatic rings. The fourth-order valence-electron chi connectivity index (χ4n) is 0.372. The first-order valence-electron chi connectivity index (χ1n) is 3.40. The van der Waals surface area contributed by atoms with E-state index in [2.05, 4.69) is 19.3 Å². The molecule has 0 aliphatic rings. The molecule has 0 heterocycles. The van der Waals surface area contributed by atoms with Gasteiger partial charge in [-0.1, -0.05) is 13.8 Å². The summed E-state index contributed by atoms with van der Waals surface area (Å²) in [4.78, 5) is 0. The summed E-state index contributed by atoms with van der Waals surface area (Å²) >= 11 is 0. The van der Waals surface area contributed by atoms with E-state index in [9.17, 15) is 0 Å². The van der Waals surface area contributed by atoms with Crippen molar-refractivity contribution in [3.05, 3.63) is 0 Å². The van der Waals surface area contributed by atoms with Gasteiger partial charge in [0.1, 0.15) is 0 Å². The molecule has 0 radical (unpaired) electrons. The van der Waals surface area contributed by atoms with Crippen molar-refractivity contribution in [3.8, 4) is 0 Å². The molecule has 6 nitrogen and oxygen atoms in total. The van der Waals surface area contributed by atoms with Crippen molar-refractivity contribution in [3.63, 3.8) is 0 Å². The number of nitrogens with two attached hydrogens (primary N) is 1. The Kier molecular flexibility index (Phi) is 8.88. The summed E-state index contributed by atoms with van der Waals surface area (Å²) in [6.45, 7) is 5.28. The SMILES string of the molecule is CC(C)CCNN.O=S(=O)(O)O. The molecule has 0 saturated carbocycles. The van der Waals surface area contributed by atoms with E-state index >= 15 is 0 Å². The maximum atomic E-state index is 8.74. The maximum absolute atomic E-state index is 8.74. The van der Waals surface area contributed by atoms with Crippen molar-refractivity contribution >= 4 is 10.4 Å². The Morgan fingerprint density at radius 1 is 1.42 bits per heavy atom. The second kappa shape index (κ2) is 7.44. The first-order chi connectivity index (χ1) is 5.27. The van der Waals surface area contributed by atoms with Gasteiger partial charge >= 0.3 is 10.4 Å². The lowest BCUT2D eigenvalue weighted by Gasteiger charge is -2.00. The van der Waals surface area contributed by atoms with E-state index in [4.69, 9.17) is 23.4 Å². The fraction of sp³-hybridized carbons (Fsp3) is 1.00. The van der Waals surface area contributed by atoms with Crippen molar-refractivity contribution in [1.82, 2.24) is 5.43 Å². The topological polar surface area (TPSA) is 113 Å². The van der Waals surface area contributed by atoms with E-state index in [1.54, 1.807) is 0 Å². The van der Waals surface area contributed by atoms with Crippen LogP contribution in [0.3, 0.4) is 0 Å². The molecule has 0 atom stereocenters. The molecule has 7 heteroatoms. The molecule has 0 unspecified atom stereocenters. The van der Waals surface area contributed by atoms with Gasteiger partial charge in [0.25, 0.3) is 0 Å². The third kappa shape index (κ3) is 52.7. The minimum atomic E-state index is -4.67. The Morgan fingerprint density at radius 3 is 1.83 bits per heavy atom. The Hall–Kier alpha value is -0.210. The van der Waals surface area contributed by atoms with Gasteiger partial charge in [0.2, 0.25) is 0 Å². The largest absolute Gasteiger partial charge is 0.394 e. The van der Waals surface area contributed by atoms with E-state index in [0.29, 0.717) is 0 Å². The Morgan fingerprint density at radius 2 is 1.75 bits per heavy atom. The summed E-state index contributed by atoms with van der Waals surface area (Å²) in [5.74, 6) is 5.79.